The van der Waals surface area contributed by atoms with Crippen LogP contribution >= 0.6 is 11.3 Å². The number of aryl methyl sites for hydroxylation is 1. The molecule has 2 rings (SSSR count). The van der Waals surface area contributed by atoms with Crippen LogP contribution in [0.25, 0.3) is 0 Å². The van der Waals surface area contributed by atoms with E-state index in [1.807, 2.05) is 0 Å². The van der Waals surface area contributed by atoms with E-state index >= 15 is 0 Å². The van der Waals surface area contributed by atoms with Crippen LogP contribution in [0.1, 0.15) is 43.4 Å². The summed E-state index contributed by atoms with van der Waals surface area (Å²) < 4.78 is 0. The van der Waals surface area contributed by atoms with Crippen LogP contribution in [0.3, 0.4) is 0 Å². The maximum atomic E-state index is 4.41. The maximum Gasteiger partial charge on any atom is 0.135 e. The molecule has 0 bridgehead atoms. The van der Waals surface area contributed by atoms with Crippen LogP contribution in [0.2, 0.25) is 0 Å². The first-order valence-corrected chi connectivity index (χ1v) is 7.92. The number of aromatic nitrogens is 2. The Labute approximate surface area is 124 Å². The first kappa shape index (κ1) is 14.8. The van der Waals surface area contributed by atoms with Crippen LogP contribution in [0.15, 0.2) is 17.1 Å². The molecule has 0 fully saturated rings. The molecule has 0 aliphatic carbocycles. The minimum atomic E-state index is 0.372. The lowest BCUT2D eigenvalue weighted by Gasteiger charge is -2.17. The molecular weight excluding hydrogens is 268 g/mol. The summed E-state index contributed by atoms with van der Waals surface area (Å²) in [5.41, 5.74) is 3.81. The van der Waals surface area contributed by atoms with E-state index < -0.39 is 0 Å². The Morgan fingerprint density at radius 3 is 2.40 bits per heavy atom. The molecule has 2 aromatic rings. The number of anilines is 2. The molecule has 0 amide bonds. The second-order valence-electron chi connectivity index (χ2n) is 5.10. The minimum absolute atomic E-state index is 0.372. The van der Waals surface area contributed by atoms with Gasteiger partial charge in [-0.15, -0.1) is 0 Å². The van der Waals surface area contributed by atoms with Crippen molar-refractivity contribution in [3.05, 3.63) is 33.8 Å². The van der Waals surface area contributed by atoms with Crippen LogP contribution in [-0.2, 0) is 6.54 Å². The summed E-state index contributed by atoms with van der Waals surface area (Å²) in [6.07, 6.45) is 1.62. The summed E-state index contributed by atoms with van der Waals surface area (Å²) in [6.45, 7) is 10.2. The minimum Gasteiger partial charge on any atom is -0.370 e. The number of hydrogen-bond donors (Lipinski definition) is 2. The van der Waals surface area contributed by atoms with E-state index in [0.717, 1.165) is 30.3 Å². The molecule has 4 nitrogen and oxygen atoms in total. The third-order valence-electron chi connectivity index (χ3n) is 3.21. The lowest BCUT2D eigenvalue weighted by Crippen LogP contribution is -2.11. The summed E-state index contributed by atoms with van der Waals surface area (Å²) in [5, 5.41) is 11.1. The third kappa shape index (κ3) is 3.28. The zero-order valence-electron chi connectivity index (χ0n) is 12.5. The van der Waals surface area contributed by atoms with E-state index in [9.17, 15) is 0 Å². The highest BCUT2D eigenvalue weighted by Crippen LogP contribution is 2.28. The molecule has 108 valence electrons. The normalized spacial score (nSPS) is 10.8. The highest BCUT2D eigenvalue weighted by Gasteiger charge is 2.14. The third-order valence-corrected chi connectivity index (χ3v) is 4.12. The topological polar surface area (TPSA) is 49.8 Å². The van der Waals surface area contributed by atoms with Crippen molar-refractivity contribution in [3.8, 4) is 0 Å². The van der Waals surface area contributed by atoms with Crippen LogP contribution < -0.4 is 10.6 Å². The van der Waals surface area contributed by atoms with Crippen molar-refractivity contribution < 1.29 is 0 Å². The molecule has 2 heterocycles. The number of hydrogen-bond acceptors (Lipinski definition) is 5. The van der Waals surface area contributed by atoms with Crippen molar-refractivity contribution in [2.75, 3.05) is 17.2 Å². The van der Waals surface area contributed by atoms with Gasteiger partial charge in [0.05, 0.1) is 0 Å². The largest absolute Gasteiger partial charge is 0.370 e. The smallest absolute Gasteiger partial charge is 0.135 e. The molecular formula is C15H22N4S. The molecule has 5 heteroatoms. The highest BCUT2D eigenvalue weighted by molar-refractivity contribution is 7.08. The molecule has 0 aliphatic heterocycles. The van der Waals surface area contributed by atoms with Crippen LogP contribution in [0.5, 0.6) is 0 Å². The second-order valence-corrected chi connectivity index (χ2v) is 5.85. The van der Waals surface area contributed by atoms with Gasteiger partial charge in [0, 0.05) is 18.7 Å². The molecule has 0 aliphatic rings. The average molecular weight is 290 g/mol. The van der Waals surface area contributed by atoms with Gasteiger partial charge in [-0.25, -0.2) is 9.97 Å². The first-order valence-electron chi connectivity index (χ1n) is 6.97. The molecule has 20 heavy (non-hydrogen) atoms. The van der Waals surface area contributed by atoms with Crippen molar-refractivity contribution in [2.45, 2.75) is 40.2 Å². The Hall–Kier alpha value is -1.62. The van der Waals surface area contributed by atoms with Gasteiger partial charge < -0.3 is 10.6 Å². The standard InChI is InChI=1S/C15H22N4S/c1-5-16-14-13(10(2)3)15(19-9-18-14)17-6-12-8-20-7-11(12)4/h7-10H,5-6H2,1-4H3,(H2,16,17,18,19). The molecule has 0 spiro atoms. The Balaban J connectivity index is 2.22. The molecule has 0 radical (unpaired) electrons. The van der Waals surface area contributed by atoms with Gasteiger partial charge in [0.1, 0.15) is 18.0 Å². The number of thiophene rings is 1. The van der Waals surface area contributed by atoms with Gasteiger partial charge in [0.2, 0.25) is 0 Å². The fourth-order valence-electron chi connectivity index (χ4n) is 2.14. The SMILES string of the molecule is CCNc1ncnc(NCc2cscc2C)c1C(C)C. The zero-order valence-corrected chi connectivity index (χ0v) is 13.3. The zero-order chi connectivity index (χ0) is 14.5. The number of nitrogens with zero attached hydrogens (tertiary/aromatic N) is 2. The predicted octanol–water partition coefficient (Wildman–Crippen LogP) is 4.01. The van der Waals surface area contributed by atoms with Crippen molar-refractivity contribution >= 4 is 23.0 Å². The molecule has 2 aromatic heterocycles. The second kappa shape index (κ2) is 6.70. The molecule has 2 N–H and O–H groups in total. The Kier molecular flexibility index (Phi) is 4.95. The quantitative estimate of drug-likeness (QED) is 0.844. The van der Waals surface area contributed by atoms with E-state index in [-0.39, 0.29) is 0 Å². The summed E-state index contributed by atoms with van der Waals surface area (Å²) in [6, 6.07) is 0. The van der Waals surface area contributed by atoms with Crippen molar-refractivity contribution in [1.29, 1.82) is 0 Å². The predicted molar refractivity (Wildman–Crippen MR) is 86.7 cm³/mol. The molecule has 0 unspecified atom stereocenters. The fraction of sp³-hybridized carbons (Fsp3) is 0.467. The summed E-state index contributed by atoms with van der Waals surface area (Å²) >= 11 is 1.74. The van der Waals surface area contributed by atoms with Crippen molar-refractivity contribution in [3.63, 3.8) is 0 Å². The molecule has 0 saturated heterocycles. The lowest BCUT2D eigenvalue weighted by atomic mass is 10.0. The highest BCUT2D eigenvalue weighted by atomic mass is 32.1. The monoisotopic (exact) mass is 290 g/mol. The average Bonchev–Trinajstić information content (AvgIpc) is 2.82. The van der Waals surface area contributed by atoms with E-state index in [2.05, 4.69) is 59.1 Å². The molecule has 0 aromatic carbocycles. The molecule has 0 saturated carbocycles. The van der Waals surface area contributed by atoms with Gasteiger partial charge in [-0.1, -0.05) is 13.8 Å². The van der Waals surface area contributed by atoms with Crippen LogP contribution in [0, 0.1) is 6.92 Å². The van der Waals surface area contributed by atoms with E-state index in [1.165, 1.54) is 11.1 Å². The van der Waals surface area contributed by atoms with E-state index in [4.69, 9.17) is 0 Å². The van der Waals surface area contributed by atoms with Crippen LogP contribution in [-0.4, -0.2) is 16.5 Å². The van der Waals surface area contributed by atoms with Crippen molar-refractivity contribution in [1.82, 2.24) is 9.97 Å². The number of rotatable bonds is 6. The Bertz CT molecular complexity index is 563. The Morgan fingerprint density at radius 2 is 1.85 bits per heavy atom. The van der Waals surface area contributed by atoms with Crippen molar-refractivity contribution in [2.24, 2.45) is 0 Å². The Morgan fingerprint density at radius 1 is 1.15 bits per heavy atom. The van der Waals surface area contributed by atoms with Gasteiger partial charge in [-0.2, -0.15) is 11.3 Å². The maximum absolute atomic E-state index is 4.41. The lowest BCUT2D eigenvalue weighted by molar-refractivity contribution is 0.844. The van der Waals surface area contributed by atoms with E-state index in [1.54, 1.807) is 17.7 Å². The van der Waals surface area contributed by atoms with E-state index in [0.29, 0.717) is 5.92 Å². The van der Waals surface area contributed by atoms with Gasteiger partial charge >= 0.3 is 0 Å². The summed E-state index contributed by atoms with van der Waals surface area (Å²) in [7, 11) is 0. The summed E-state index contributed by atoms with van der Waals surface area (Å²) in [4.78, 5) is 8.77. The molecule has 0 atom stereocenters. The van der Waals surface area contributed by atoms with Gasteiger partial charge in [0.25, 0.3) is 0 Å². The number of nitrogens with one attached hydrogen (secondary N) is 2. The van der Waals surface area contributed by atoms with Gasteiger partial charge in [0.15, 0.2) is 0 Å². The fourth-order valence-corrected chi connectivity index (χ4v) is 3.00. The van der Waals surface area contributed by atoms with Gasteiger partial charge in [-0.3, -0.25) is 0 Å². The first-order chi connectivity index (χ1) is 9.63. The van der Waals surface area contributed by atoms with Crippen LogP contribution in [0.4, 0.5) is 11.6 Å². The summed E-state index contributed by atoms with van der Waals surface area (Å²) in [5.74, 6) is 2.23. The van der Waals surface area contributed by atoms with Gasteiger partial charge in [-0.05, 0) is 41.7 Å².